The summed E-state index contributed by atoms with van der Waals surface area (Å²) in [6.45, 7) is 9.37. The van der Waals surface area contributed by atoms with Gasteiger partial charge >= 0.3 is 0 Å². The van der Waals surface area contributed by atoms with Gasteiger partial charge in [-0.3, -0.25) is 4.68 Å². The number of aryl methyl sites for hydroxylation is 2. The third-order valence-electron chi connectivity index (χ3n) is 5.40. The zero-order valence-corrected chi connectivity index (χ0v) is 14.0. The number of hydrogen-bond acceptors (Lipinski definition) is 3. The molecule has 1 aromatic heterocycles. The fourth-order valence-electron chi connectivity index (χ4n) is 4.23. The first-order valence-corrected chi connectivity index (χ1v) is 8.61. The van der Waals surface area contributed by atoms with Crippen LogP contribution in [0.4, 0.5) is 5.69 Å². The summed E-state index contributed by atoms with van der Waals surface area (Å²) >= 11 is 0. The van der Waals surface area contributed by atoms with E-state index in [2.05, 4.69) is 42.3 Å². The van der Waals surface area contributed by atoms with Crippen LogP contribution in [-0.2, 0) is 13.5 Å². The molecule has 2 bridgehead atoms. The molecule has 1 saturated heterocycles. The Morgan fingerprint density at radius 2 is 1.95 bits per heavy atom. The number of likely N-dealkylation sites (tertiary alicyclic amines) is 1. The number of rotatable bonds is 4. The second-order valence-corrected chi connectivity index (χ2v) is 7.19. The van der Waals surface area contributed by atoms with Crippen LogP contribution in [0.25, 0.3) is 0 Å². The van der Waals surface area contributed by atoms with E-state index in [0.717, 1.165) is 18.3 Å². The maximum atomic E-state index is 4.58. The van der Waals surface area contributed by atoms with Gasteiger partial charge in [0.25, 0.3) is 0 Å². The minimum absolute atomic E-state index is 0.642. The van der Waals surface area contributed by atoms with Crippen LogP contribution in [0.15, 0.2) is 6.20 Å². The fraction of sp³-hybridized carbons (Fsp3) is 0.824. The van der Waals surface area contributed by atoms with E-state index in [1.165, 1.54) is 43.7 Å². The quantitative estimate of drug-likeness (QED) is 0.925. The van der Waals surface area contributed by atoms with Crippen molar-refractivity contribution in [2.24, 2.45) is 18.9 Å². The third kappa shape index (κ3) is 2.96. The number of nitrogens with one attached hydrogen (secondary N) is 1. The van der Waals surface area contributed by atoms with Crippen LogP contribution in [0, 0.1) is 11.8 Å². The second-order valence-electron chi connectivity index (χ2n) is 7.19. The van der Waals surface area contributed by atoms with Crippen molar-refractivity contribution in [2.75, 3.05) is 18.4 Å². The molecule has 0 aromatic carbocycles. The highest BCUT2D eigenvalue weighted by atomic mass is 15.3. The molecule has 118 valence electrons. The summed E-state index contributed by atoms with van der Waals surface area (Å²) in [5, 5.41) is 8.45. The summed E-state index contributed by atoms with van der Waals surface area (Å²) < 4.78 is 1.94. The lowest BCUT2D eigenvalue weighted by Gasteiger charge is -2.49. The predicted octanol–water partition coefficient (Wildman–Crippen LogP) is 2.90. The summed E-state index contributed by atoms with van der Waals surface area (Å²) in [6, 6.07) is 1.32. The summed E-state index contributed by atoms with van der Waals surface area (Å²) in [4.78, 5) is 2.68. The van der Waals surface area contributed by atoms with E-state index in [1.807, 2.05) is 11.7 Å². The van der Waals surface area contributed by atoms with Gasteiger partial charge in [-0.1, -0.05) is 13.3 Å². The van der Waals surface area contributed by atoms with Crippen LogP contribution in [0.2, 0.25) is 0 Å². The number of hydrogen-bond donors (Lipinski definition) is 1. The molecule has 0 spiro atoms. The fourth-order valence-corrected chi connectivity index (χ4v) is 4.23. The second kappa shape index (κ2) is 5.99. The SMILES string of the molecule is CCc1nn(C)cc1NC1C2CCCC1CN(C(C)C)C2. The van der Waals surface area contributed by atoms with Gasteiger partial charge in [0.1, 0.15) is 0 Å². The molecule has 2 heterocycles. The largest absolute Gasteiger partial charge is 0.379 e. The predicted molar refractivity (Wildman–Crippen MR) is 87.5 cm³/mol. The molecule has 1 aliphatic carbocycles. The van der Waals surface area contributed by atoms with Crippen LogP contribution in [0.5, 0.6) is 0 Å². The van der Waals surface area contributed by atoms with Gasteiger partial charge in [-0.2, -0.15) is 5.10 Å². The zero-order valence-electron chi connectivity index (χ0n) is 14.0. The molecule has 2 unspecified atom stereocenters. The van der Waals surface area contributed by atoms with Gasteiger partial charge in [0, 0.05) is 38.4 Å². The minimum Gasteiger partial charge on any atom is -0.379 e. The molecule has 4 heteroatoms. The summed E-state index contributed by atoms with van der Waals surface area (Å²) in [6.07, 6.45) is 7.32. The minimum atomic E-state index is 0.642. The van der Waals surface area contributed by atoms with Crippen molar-refractivity contribution < 1.29 is 0 Å². The van der Waals surface area contributed by atoms with Gasteiger partial charge < -0.3 is 10.2 Å². The molecule has 0 radical (unpaired) electrons. The van der Waals surface area contributed by atoms with E-state index < -0.39 is 0 Å². The number of fused-ring (bicyclic) bond motifs is 2. The van der Waals surface area contributed by atoms with Crippen molar-refractivity contribution in [1.29, 1.82) is 0 Å². The van der Waals surface area contributed by atoms with Gasteiger partial charge in [-0.25, -0.2) is 0 Å². The monoisotopic (exact) mass is 290 g/mol. The Bertz CT molecular complexity index is 465. The number of aromatic nitrogens is 2. The molecule has 1 saturated carbocycles. The molecule has 1 aliphatic heterocycles. The maximum absolute atomic E-state index is 4.58. The Morgan fingerprint density at radius 3 is 2.52 bits per heavy atom. The van der Waals surface area contributed by atoms with Gasteiger partial charge in [0.05, 0.1) is 11.4 Å². The van der Waals surface area contributed by atoms with Crippen LogP contribution >= 0.6 is 0 Å². The summed E-state index contributed by atoms with van der Waals surface area (Å²) in [7, 11) is 2.02. The van der Waals surface area contributed by atoms with E-state index in [4.69, 9.17) is 0 Å². The molecular weight excluding hydrogens is 260 g/mol. The average molecular weight is 290 g/mol. The average Bonchev–Trinajstić information content (AvgIpc) is 2.78. The first-order chi connectivity index (χ1) is 10.1. The third-order valence-corrected chi connectivity index (χ3v) is 5.40. The van der Waals surface area contributed by atoms with Gasteiger partial charge in [0.2, 0.25) is 0 Å². The summed E-state index contributed by atoms with van der Waals surface area (Å²) in [5.74, 6) is 1.59. The normalized spacial score (nSPS) is 29.9. The molecule has 2 fully saturated rings. The van der Waals surface area contributed by atoms with Crippen LogP contribution in [0.3, 0.4) is 0 Å². The molecular formula is C17H30N4. The Kier molecular flexibility index (Phi) is 4.25. The standard InChI is InChI=1S/C17H30N4/c1-5-15-16(11-20(4)19-15)18-17-13-7-6-8-14(17)10-21(9-13)12(2)3/h11-14,17-18H,5-10H2,1-4H3. The van der Waals surface area contributed by atoms with Crippen LogP contribution in [0.1, 0.15) is 45.7 Å². The van der Waals surface area contributed by atoms with Crippen molar-refractivity contribution in [3.05, 3.63) is 11.9 Å². The molecule has 3 rings (SSSR count). The Balaban J connectivity index is 1.76. The van der Waals surface area contributed by atoms with E-state index in [9.17, 15) is 0 Å². The van der Waals surface area contributed by atoms with Crippen molar-refractivity contribution in [2.45, 2.75) is 58.5 Å². The van der Waals surface area contributed by atoms with Gasteiger partial charge in [0.15, 0.2) is 0 Å². The highest BCUT2D eigenvalue weighted by Crippen LogP contribution is 2.37. The Morgan fingerprint density at radius 1 is 1.29 bits per heavy atom. The number of anilines is 1. The van der Waals surface area contributed by atoms with Crippen molar-refractivity contribution in [3.8, 4) is 0 Å². The Hall–Kier alpha value is -1.03. The van der Waals surface area contributed by atoms with Crippen LogP contribution < -0.4 is 5.32 Å². The molecule has 2 atom stereocenters. The van der Waals surface area contributed by atoms with Gasteiger partial charge in [-0.05, 0) is 44.9 Å². The Labute approximate surface area is 128 Å². The molecule has 21 heavy (non-hydrogen) atoms. The molecule has 1 N–H and O–H groups in total. The summed E-state index contributed by atoms with van der Waals surface area (Å²) in [5.41, 5.74) is 2.47. The van der Waals surface area contributed by atoms with Gasteiger partial charge in [-0.15, -0.1) is 0 Å². The molecule has 1 aromatic rings. The van der Waals surface area contributed by atoms with E-state index in [1.54, 1.807) is 0 Å². The van der Waals surface area contributed by atoms with Crippen molar-refractivity contribution >= 4 is 5.69 Å². The molecule has 4 nitrogen and oxygen atoms in total. The smallest absolute Gasteiger partial charge is 0.0853 e. The van der Waals surface area contributed by atoms with E-state index in [-0.39, 0.29) is 0 Å². The first-order valence-electron chi connectivity index (χ1n) is 8.61. The zero-order chi connectivity index (χ0) is 15.0. The number of piperidine rings is 1. The van der Waals surface area contributed by atoms with Crippen LogP contribution in [-0.4, -0.2) is 39.9 Å². The lowest BCUT2D eigenvalue weighted by molar-refractivity contribution is 0.0518. The van der Waals surface area contributed by atoms with E-state index >= 15 is 0 Å². The highest BCUT2D eigenvalue weighted by Gasteiger charge is 2.40. The molecule has 2 aliphatic rings. The topological polar surface area (TPSA) is 33.1 Å². The lowest BCUT2D eigenvalue weighted by atomic mass is 9.73. The van der Waals surface area contributed by atoms with E-state index in [0.29, 0.717) is 12.1 Å². The number of nitrogens with zero attached hydrogens (tertiary/aromatic N) is 3. The highest BCUT2D eigenvalue weighted by molar-refractivity contribution is 5.47. The first kappa shape index (κ1) is 14.9. The maximum Gasteiger partial charge on any atom is 0.0853 e. The molecule has 0 amide bonds. The lowest BCUT2D eigenvalue weighted by Crippen LogP contribution is -2.56. The van der Waals surface area contributed by atoms with Crippen molar-refractivity contribution in [3.63, 3.8) is 0 Å². The van der Waals surface area contributed by atoms with Crippen molar-refractivity contribution in [1.82, 2.24) is 14.7 Å².